The Morgan fingerprint density at radius 3 is 2.89 bits per heavy atom. The lowest BCUT2D eigenvalue weighted by Crippen LogP contribution is -2.65. The minimum atomic E-state index is -1.77. The molecule has 0 aliphatic carbocycles. The molecule has 5 heteroatoms. The molecule has 19 heavy (non-hydrogen) atoms. The fourth-order valence-corrected chi connectivity index (χ4v) is 3.20. The first-order valence-electron chi connectivity index (χ1n) is 6.38. The van der Waals surface area contributed by atoms with E-state index >= 15 is 0 Å². The number of benzene rings is 1. The van der Waals surface area contributed by atoms with Gasteiger partial charge in [-0.3, -0.25) is 0 Å². The summed E-state index contributed by atoms with van der Waals surface area (Å²) in [6.45, 7) is 2.29. The van der Waals surface area contributed by atoms with Crippen LogP contribution in [0.4, 0.5) is 0 Å². The average Bonchev–Trinajstić information content (AvgIpc) is 2.70. The highest BCUT2D eigenvalue weighted by Crippen LogP contribution is 2.58. The highest BCUT2D eigenvalue weighted by atomic mass is 16.8. The number of carbonyl (C=O) groups is 1. The van der Waals surface area contributed by atoms with Crippen molar-refractivity contribution in [3.8, 4) is 5.75 Å². The summed E-state index contributed by atoms with van der Waals surface area (Å²) in [4.78, 5) is 12.2. The van der Waals surface area contributed by atoms with Crippen molar-refractivity contribution in [2.75, 3.05) is 6.61 Å². The third-order valence-corrected chi connectivity index (χ3v) is 4.31. The van der Waals surface area contributed by atoms with Crippen molar-refractivity contribution in [1.29, 1.82) is 0 Å². The number of hydrogen-bond acceptors (Lipinski definition) is 5. The predicted molar refractivity (Wildman–Crippen MR) is 63.4 cm³/mol. The number of fused-ring (bicyclic) bond motifs is 2. The van der Waals surface area contributed by atoms with Crippen LogP contribution >= 0.6 is 0 Å². The average molecular weight is 262 g/mol. The molecule has 0 saturated carbocycles. The van der Waals surface area contributed by atoms with Gasteiger partial charge in [-0.05, 0) is 31.9 Å². The van der Waals surface area contributed by atoms with E-state index in [0.717, 1.165) is 0 Å². The van der Waals surface area contributed by atoms with Crippen LogP contribution in [-0.2, 0) is 20.1 Å². The van der Waals surface area contributed by atoms with Crippen LogP contribution in [0.15, 0.2) is 24.3 Å². The summed E-state index contributed by atoms with van der Waals surface area (Å²) in [5.41, 5.74) is -1.64. The van der Waals surface area contributed by atoms with E-state index < -0.39 is 23.0 Å². The van der Waals surface area contributed by atoms with E-state index in [4.69, 9.17) is 14.2 Å². The van der Waals surface area contributed by atoms with Crippen LogP contribution < -0.4 is 4.74 Å². The molecule has 1 aromatic carbocycles. The molecule has 100 valence electrons. The molecule has 3 heterocycles. The monoisotopic (exact) mass is 262 g/mol. The topological polar surface area (TPSA) is 65.0 Å². The summed E-state index contributed by atoms with van der Waals surface area (Å²) in [5.74, 6) is -1.73. The summed E-state index contributed by atoms with van der Waals surface area (Å²) in [6.07, 6.45) is 0.833. The summed E-state index contributed by atoms with van der Waals surface area (Å²) in [6, 6.07) is 7.02. The van der Waals surface area contributed by atoms with Gasteiger partial charge >= 0.3 is 5.97 Å². The number of para-hydroxylation sites is 1. The highest BCUT2D eigenvalue weighted by Gasteiger charge is 2.72. The lowest BCUT2D eigenvalue weighted by atomic mass is 9.77. The molecule has 3 aliphatic heterocycles. The Hall–Kier alpha value is -1.43. The molecule has 1 aromatic rings. The standard InChI is InChI=1S/C14H14O5/c1-12-6-7-13(16)11(15)18-10-5-3-2-4-9(10)14(13,19-12)17-8-12/h2-5,16H,6-8H2,1H3/t12-,13-,14+/m0/s1. The van der Waals surface area contributed by atoms with Crippen molar-refractivity contribution in [1.82, 2.24) is 0 Å². The summed E-state index contributed by atoms with van der Waals surface area (Å²) in [5, 5.41) is 10.8. The Morgan fingerprint density at radius 1 is 1.26 bits per heavy atom. The van der Waals surface area contributed by atoms with Gasteiger partial charge in [-0.1, -0.05) is 12.1 Å². The molecule has 2 fully saturated rings. The second-order valence-corrected chi connectivity index (χ2v) is 5.70. The van der Waals surface area contributed by atoms with Crippen LogP contribution in [0.3, 0.4) is 0 Å². The minimum Gasteiger partial charge on any atom is -0.424 e. The fraction of sp³-hybridized carbons (Fsp3) is 0.500. The van der Waals surface area contributed by atoms with Gasteiger partial charge in [0.25, 0.3) is 0 Å². The normalized spacial score (nSPS) is 43.4. The van der Waals surface area contributed by atoms with E-state index in [1.165, 1.54) is 0 Å². The number of rotatable bonds is 0. The molecule has 0 amide bonds. The summed E-state index contributed by atoms with van der Waals surface area (Å²) >= 11 is 0. The Balaban J connectivity index is 1.99. The van der Waals surface area contributed by atoms with E-state index in [9.17, 15) is 9.90 Å². The van der Waals surface area contributed by atoms with Crippen molar-refractivity contribution in [2.45, 2.75) is 36.8 Å². The Morgan fingerprint density at radius 2 is 2.05 bits per heavy atom. The van der Waals surface area contributed by atoms with Gasteiger partial charge in [0.15, 0.2) is 0 Å². The van der Waals surface area contributed by atoms with E-state index in [2.05, 4.69) is 0 Å². The highest BCUT2D eigenvalue weighted by molar-refractivity contribution is 5.86. The molecule has 3 atom stereocenters. The minimum absolute atomic E-state index is 0.274. The van der Waals surface area contributed by atoms with Gasteiger partial charge in [0, 0.05) is 0 Å². The van der Waals surface area contributed by atoms with Gasteiger partial charge < -0.3 is 19.3 Å². The number of esters is 1. The zero-order valence-corrected chi connectivity index (χ0v) is 10.5. The van der Waals surface area contributed by atoms with E-state index in [1.807, 2.05) is 13.0 Å². The molecule has 2 saturated heterocycles. The zero-order valence-electron chi connectivity index (χ0n) is 10.5. The van der Waals surface area contributed by atoms with Gasteiger partial charge in [0.1, 0.15) is 5.75 Å². The maximum atomic E-state index is 12.2. The number of ether oxygens (including phenoxy) is 3. The molecular formula is C14H14O5. The van der Waals surface area contributed by atoms with Crippen molar-refractivity contribution < 1.29 is 24.1 Å². The largest absolute Gasteiger partial charge is 0.424 e. The number of hydrogen-bond donors (Lipinski definition) is 1. The van der Waals surface area contributed by atoms with Crippen LogP contribution in [0, 0.1) is 0 Å². The van der Waals surface area contributed by atoms with Crippen molar-refractivity contribution in [3.05, 3.63) is 29.8 Å². The SMILES string of the molecule is C[C@]12CC[C@]3(O)C(=O)Oc4ccccc4[C@@]3(OC1)O2. The second-order valence-electron chi connectivity index (χ2n) is 5.70. The predicted octanol–water partition coefficient (Wildman–Crippen LogP) is 1.09. The molecule has 3 aliphatic rings. The molecule has 0 aromatic heterocycles. The quantitative estimate of drug-likeness (QED) is 0.560. The molecular weight excluding hydrogens is 248 g/mol. The van der Waals surface area contributed by atoms with Gasteiger partial charge in [0.05, 0.1) is 17.8 Å². The fourth-order valence-electron chi connectivity index (χ4n) is 3.20. The van der Waals surface area contributed by atoms with E-state index in [-0.39, 0.29) is 6.42 Å². The van der Waals surface area contributed by atoms with Crippen LogP contribution in [0.5, 0.6) is 5.75 Å². The maximum Gasteiger partial charge on any atom is 0.349 e. The molecule has 4 rings (SSSR count). The van der Waals surface area contributed by atoms with Crippen molar-refractivity contribution >= 4 is 5.97 Å². The van der Waals surface area contributed by atoms with Gasteiger partial charge in [0.2, 0.25) is 11.4 Å². The molecule has 2 bridgehead atoms. The third kappa shape index (κ3) is 1.18. The van der Waals surface area contributed by atoms with Crippen LogP contribution in [-0.4, -0.2) is 28.9 Å². The molecule has 5 nitrogen and oxygen atoms in total. The van der Waals surface area contributed by atoms with Crippen molar-refractivity contribution in [2.24, 2.45) is 0 Å². The van der Waals surface area contributed by atoms with Crippen LogP contribution in [0.2, 0.25) is 0 Å². The zero-order chi connectivity index (χ0) is 13.3. The molecule has 1 spiro atoms. The first-order valence-corrected chi connectivity index (χ1v) is 6.38. The summed E-state index contributed by atoms with van der Waals surface area (Å²) < 4.78 is 17.0. The van der Waals surface area contributed by atoms with Gasteiger partial charge in [-0.15, -0.1) is 0 Å². The smallest absolute Gasteiger partial charge is 0.349 e. The molecule has 1 N–H and O–H groups in total. The third-order valence-electron chi connectivity index (χ3n) is 4.31. The van der Waals surface area contributed by atoms with E-state index in [1.54, 1.807) is 18.2 Å². The van der Waals surface area contributed by atoms with Crippen LogP contribution in [0.25, 0.3) is 0 Å². The van der Waals surface area contributed by atoms with Crippen molar-refractivity contribution in [3.63, 3.8) is 0 Å². The Labute approximate surface area is 110 Å². The number of carbonyl (C=O) groups excluding carboxylic acids is 1. The lowest BCUT2D eigenvalue weighted by molar-refractivity contribution is -0.315. The molecule has 0 radical (unpaired) electrons. The second kappa shape index (κ2) is 3.17. The van der Waals surface area contributed by atoms with E-state index in [0.29, 0.717) is 24.3 Å². The Bertz CT molecular complexity index is 585. The maximum absolute atomic E-state index is 12.2. The van der Waals surface area contributed by atoms with Crippen LogP contribution in [0.1, 0.15) is 25.3 Å². The molecule has 0 unspecified atom stereocenters. The Kier molecular flexibility index (Phi) is 1.91. The first kappa shape index (κ1) is 11.4. The first-order chi connectivity index (χ1) is 8.99. The summed E-state index contributed by atoms with van der Waals surface area (Å²) in [7, 11) is 0. The lowest BCUT2D eigenvalue weighted by Gasteiger charge is -2.48. The van der Waals surface area contributed by atoms with Gasteiger partial charge in [-0.2, -0.15) is 0 Å². The van der Waals surface area contributed by atoms with Gasteiger partial charge in [-0.25, -0.2) is 4.79 Å². The number of aliphatic hydroxyl groups is 1.